The molecule has 0 fully saturated rings. The minimum atomic E-state index is -0.440. The van der Waals surface area contributed by atoms with E-state index in [-0.39, 0.29) is 5.91 Å². The molecule has 0 atom stereocenters. The van der Waals surface area contributed by atoms with Gasteiger partial charge in [0, 0.05) is 24.1 Å². The first-order chi connectivity index (χ1) is 15.4. The molecular formula is C28H25NO3. The van der Waals surface area contributed by atoms with Crippen molar-refractivity contribution in [2.75, 3.05) is 11.9 Å². The van der Waals surface area contributed by atoms with Gasteiger partial charge in [0.2, 0.25) is 0 Å². The van der Waals surface area contributed by atoms with Gasteiger partial charge in [-0.1, -0.05) is 79.9 Å². The molecular weight excluding hydrogens is 398 g/mol. The molecule has 0 aliphatic rings. The van der Waals surface area contributed by atoms with Crippen molar-refractivity contribution in [3.05, 3.63) is 110 Å². The Balaban J connectivity index is 0.000000182. The van der Waals surface area contributed by atoms with Crippen molar-refractivity contribution in [1.29, 1.82) is 0 Å². The average Bonchev–Trinajstić information content (AvgIpc) is 2.83. The maximum absolute atomic E-state index is 11.9. The molecule has 0 bridgehead atoms. The summed E-state index contributed by atoms with van der Waals surface area (Å²) < 4.78 is 5.01. The molecule has 4 heteroatoms. The van der Waals surface area contributed by atoms with Crippen molar-refractivity contribution in [2.24, 2.45) is 0 Å². The normalized spacial score (nSPS) is 10.1. The van der Waals surface area contributed by atoms with E-state index in [0.717, 1.165) is 33.3 Å². The van der Waals surface area contributed by atoms with Crippen LogP contribution in [0.4, 0.5) is 5.69 Å². The lowest BCUT2D eigenvalue weighted by Crippen LogP contribution is -2.26. The lowest BCUT2D eigenvalue weighted by molar-refractivity contribution is -0.129. The molecule has 1 amide bonds. The van der Waals surface area contributed by atoms with Crippen LogP contribution < -0.4 is 9.64 Å². The number of anilines is 1. The number of nitrogens with zero attached hydrogens (tertiary/aromatic N) is 1. The lowest BCUT2D eigenvalue weighted by atomic mass is 10.1. The van der Waals surface area contributed by atoms with Crippen LogP contribution in [0.15, 0.2) is 110 Å². The highest BCUT2D eigenvalue weighted by atomic mass is 16.5. The second-order valence-corrected chi connectivity index (χ2v) is 7.28. The molecule has 0 unspecified atom stereocenters. The van der Waals surface area contributed by atoms with E-state index in [1.807, 2.05) is 78.9 Å². The molecule has 4 aromatic rings. The maximum Gasteiger partial charge on any atom is 0.335 e. The van der Waals surface area contributed by atoms with Gasteiger partial charge in [0.25, 0.3) is 5.91 Å². The zero-order chi connectivity index (χ0) is 23.1. The number of hydrogen-bond donors (Lipinski definition) is 0. The van der Waals surface area contributed by atoms with Gasteiger partial charge in [-0.15, -0.1) is 0 Å². The minimum Gasteiger partial charge on any atom is -0.423 e. The second-order valence-electron chi connectivity index (χ2n) is 7.28. The Labute approximate surface area is 188 Å². The van der Waals surface area contributed by atoms with Gasteiger partial charge in [0.15, 0.2) is 0 Å². The van der Waals surface area contributed by atoms with E-state index in [1.54, 1.807) is 24.9 Å². The Hall–Kier alpha value is -4.18. The molecule has 160 valence electrons. The second kappa shape index (κ2) is 10.2. The molecule has 4 rings (SSSR count). The number of ether oxygens (including phenoxy) is 1. The summed E-state index contributed by atoms with van der Waals surface area (Å²) in [5, 5.41) is 4.38. The van der Waals surface area contributed by atoms with E-state index < -0.39 is 5.97 Å². The Kier molecular flexibility index (Phi) is 7.19. The number of esters is 1. The van der Waals surface area contributed by atoms with Crippen molar-refractivity contribution in [3.8, 4) is 5.75 Å². The Morgan fingerprint density at radius 1 is 0.844 bits per heavy atom. The summed E-state index contributed by atoms with van der Waals surface area (Å²) in [7, 11) is 1.78. The van der Waals surface area contributed by atoms with Gasteiger partial charge in [-0.05, 0) is 41.3 Å². The number of rotatable bonds is 4. The zero-order valence-electron chi connectivity index (χ0n) is 18.2. The number of carbonyl (C=O) groups excluding carboxylic acids is 2. The minimum absolute atomic E-state index is 0.0543. The topological polar surface area (TPSA) is 46.6 Å². The number of amides is 1. The molecule has 0 aliphatic carbocycles. The molecule has 0 spiro atoms. The molecule has 0 radical (unpaired) electrons. The highest BCUT2D eigenvalue weighted by molar-refractivity contribution is 6.09. The predicted octanol–water partition coefficient (Wildman–Crippen LogP) is 6.31. The first-order valence-corrected chi connectivity index (χ1v) is 10.1. The lowest BCUT2D eigenvalue weighted by Gasteiger charge is -2.19. The van der Waals surface area contributed by atoms with Crippen molar-refractivity contribution in [2.45, 2.75) is 6.92 Å². The standard InChI is InChI=1S/C15H15NO.C13H10O2/c1-11(2)15(17)16(3)14-10-6-8-12-7-4-5-9-13(12)14;1-2-13(14)15-12-8-7-10-5-3-4-6-11(10)9-12/h4-10H,1H2,2-3H3;2-9H,1H2. The SMILES string of the molecule is C=C(C)C(=O)N(C)c1cccc2ccccc12.C=CC(=O)Oc1ccc2ccccc2c1. The van der Waals surface area contributed by atoms with Gasteiger partial charge in [0.05, 0.1) is 5.69 Å². The maximum atomic E-state index is 11.9. The van der Waals surface area contributed by atoms with Gasteiger partial charge in [0.1, 0.15) is 5.75 Å². The molecule has 0 aliphatic heterocycles. The number of fused-ring (bicyclic) bond motifs is 2. The summed E-state index contributed by atoms with van der Waals surface area (Å²) in [6.45, 7) is 8.76. The van der Waals surface area contributed by atoms with E-state index >= 15 is 0 Å². The van der Waals surface area contributed by atoms with Crippen LogP contribution in [0.3, 0.4) is 0 Å². The number of benzene rings is 4. The molecule has 0 saturated heterocycles. The summed E-state index contributed by atoms with van der Waals surface area (Å²) in [6, 6.07) is 27.4. The van der Waals surface area contributed by atoms with Crippen molar-refractivity contribution >= 4 is 39.1 Å². The Bertz CT molecular complexity index is 1300. The van der Waals surface area contributed by atoms with Crippen molar-refractivity contribution in [3.63, 3.8) is 0 Å². The van der Waals surface area contributed by atoms with E-state index in [1.165, 1.54) is 0 Å². The summed E-state index contributed by atoms with van der Waals surface area (Å²) in [6.07, 6.45) is 1.15. The summed E-state index contributed by atoms with van der Waals surface area (Å²) in [4.78, 5) is 24.5. The summed E-state index contributed by atoms with van der Waals surface area (Å²) >= 11 is 0. The molecule has 4 nitrogen and oxygen atoms in total. The monoisotopic (exact) mass is 423 g/mol. The summed E-state index contributed by atoms with van der Waals surface area (Å²) in [5.74, 6) is 0.0465. The van der Waals surface area contributed by atoms with Gasteiger partial charge in [-0.2, -0.15) is 0 Å². The fourth-order valence-electron chi connectivity index (χ4n) is 3.29. The largest absolute Gasteiger partial charge is 0.423 e. The van der Waals surface area contributed by atoms with E-state index in [0.29, 0.717) is 11.3 Å². The van der Waals surface area contributed by atoms with Crippen LogP contribution in [0.1, 0.15) is 6.92 Å². The third-order valence-corrected chi connectivity index (χ3v) is 4.90. The van der Waals surface area contributed by atoms with Crippen LogP contribution >= 0.6 is 0 Å². The highest BCUT2D eigenvalue weighted by Gasteiger charge is 2.13. The molecule has 0 aromatic heterocycles. The van der Waals surface area contributed by atoms with E-state index in [2.05, 4.69) is 13.2 Å². The third kappa shape index (κ3) is 5.29. The molecule has 0 saturated carbocycles. The van der Waals surface area contributed by atoms with Gasteiger partial charge < -0.3 is 9.64 Å². The smallest absolute Gasteiger partial charge is 0.335 e. The van der Waals surface area contributed by atoms with E-state index in [9.17, 15) is 9.59 Å². The zero-order valence-corrected chi connectivity index (χ0v) is 18.2. The molecule has 0 heterocycles. The van der Waals surface area contributed by atoms with Gasteiger partial charge in [-0.3, -0.25) is 4.79 Å². The van der Waals surface area contributed by atoms with Crippen LogP contribution in [0.5, 0.6) is 5.75 Å². The predicted molar refractivity (Wildman–Crippen MR) is 132 cm³/mol. The summed E-state index contributed by atoms with van der Waals surface area (Å²) in [5.41, 5.74) is 1.46. The number of carbonyl (C=O) groups is 2. The van der Waals surface area contributed by atoms with Gasteiger partial charge in [-0.25, -0.2) is 4.79 Å². The molecule has 0 N–H and O–H groups in total. The third-order valence-electron chi connectivity index (χ3n) is 4.90. The number of hydrogen-bond acceptors (Lipinski definition) is 3. The van der Waals surface area contributed by atoms with Gasteiger partial charge >= 0.3 is 5.97 Å². The molecule has 32 heavy (non-hydrogen) atoms. The molecule has 4 aromatic carbocycles. The van der Waals surface area contributed by atoms with Crippen molar-refractivity contribution in [1.82, 2.24) is 0 Å². The Morgan fingerprint density at radius 3 is 2.16 bits per heavy atom. The van der Waals surface area contributed by atoms with Crippen LogP contribution in [-0.2, 0) is 9.59 Å². The number of likely N-dealkylation sites (N-methyl/N-ethyl adjacent to an activating group) is 1. The van der Waals surface area contributed by atoms with Crippen LogP contribution in [0.2, 0.25) is 0 Å². The fourth-order valence-corrected chi connectivity index (χ4v) is 3.29. The fraction of sp³-hybridized carbons (Fsp3) is 0.0714. The average molecular weight is 424 g/mol. The first kappa shape index (κ1) is 22.5. The van der Waals surface area contributed by atoms with Crippen molar-refractivity contribution < 1.29 is 14.3 Å². The highest BCUT2D eigenvalue weighted by Crippen LogP contribution is 2.26. The van der Waals surface area contributed by atoms with E-state index in [4.69, 9.17) is 4.74 Å². The van der Waals surface area contributed by atoms with Crippen LogP contribution in [0, 0.1) is 0 Å². The Morgan fingerprint density at radius 2 is 1.47 bits per heavy atom. The van der Waals surface area contributed by atoms with Crippen LogP contribution in [0.25, 0.3) is 21.5 Å². The first-order valence-electron chi connectivity index (χ1n) is 10.1. The van der Waals surface area contributed by atoms with Crippen LogP contribution in [-0.4, -0.2) is 18.9 Å². The quantitative estimate of drug-likeness (QED) is 0.219.